The Kier molecular flexibility index (Phi) is 4.48. The molecule has 1 aromatic heterocycles. The van der Waals surface area contributed by atoms with Gasteiger partial charge in [0.15, 0.2) is 4.87 Å². The molecule has 146 valence electrons. The quantitative estimate of drug-likeness (QED) is 0.620. The number of hydrogen-bond donors (Lipinski definition) is 0. The molecule has 6 heteroatoms. The first-order chi connectivity index (χ1) is 14.1. The number of carbonyl (C=O) groups is 2. The number of fused-ring (bicyclic) bond motifs is 2. The van der Waals surface area contributed by atoms with Crippen LogP contribution < -0.4 is 4.90 Å². The average Bonchev–Trinajstić information content (AvgIpc) is 3.47. The van der Waals surface area contributed by atoms with E-state index in [1.54, 1.807) is 16.7 Å². The zero-order valence-electron chi connectivity index (χ0n) is 16.0. The Bertz CT molecular complexity index is 1100. The maximum absolute atomic E-state index is 13.9. The highest BCUT2D eigenvalue weighted by Crippen LogP contribution is 2.54. The summed E-state index contributed by atoms with van der Waals surface area (Å²) in [5.74, 6) is 0.662. The molecule has 1 spiro atoms. The molecular weight excluding hydrogens is 400 g/mol. The second-order valence-corrected chi connectivity index (χ2v) is 9.50. The van der Waals surface area contributed by atoms with E-state index >= 15 is 0 Å². The lowest BCUT2D eigenvalue weighted by atomic mass is 10.1. The lowest BCUT2D eigenvalue weighted by Gasteiger charge is -2.33. The van der Waals surface area contributed by atoms with Crippen molar-refractivity contribution in [2.75, 3.05) is 17.2 Å². The fourth-order valence-electron chi connectivity index (χ4n) is 4.22. The number of amides is 2. The fraction of sp³-hybridized carbons (Fsp3) is 0.217. The Hall–Kier alpha value is -2.57. The molecular formula is C23H20N2O2S2. The first-order valence-corrected chi connectivity index (χ1v) is 11.4. The van der Waals surface area contributed by atoms with Crippen molar-refractivity contribution in [2.45, 2.75) is 18.3 Å². The first kappa shape index (κ1) is 18.5. The van der Waals surface area contributed by atoms with Gasteiger partial charge in [0, 0.05) is 17.9 Å². The molecule has 1 saturated heterocycles. The van der Waals surface area contributed by atoms with E-state index in [2.05, 4.69) is 19.1 Å². The topological polar surface area (TPSA) is 40.6 Å². The number of carbonyl (C=O) groups excluding carboxylic acids is 2. The lowest BCUT2D eigenvalue weighted by Crippen LogP contribution is -2.50. The van der Waals surface area contributed by atoms with Crippen LogP contribution in [0.1, 0.15) is 26.4 Å². The summed E-state index contributed by atoms with van der Waals surface area (Å²) in [5.41, 5.74) is 4.10. The van der Waals surface area contributed by atoms with E-state index in [1.807, 2.05) is 58.8 Å². The molecule has 0 aliphatic carbocycles. The van der Waals surface area contributed by atoms with Gasteiger partial charge in [0.1, 0.15) is 0 Å². The molecule has 4 nitrogen and oxygen atoms in total. The van der Waals surface area contributed by atoms with Crippen molar-refractivity contribution >= 4 is 40.6 Å². The summed E-state index contributed by atoms with van der Waals surface area (Å²) < 4.78 is 0. The van der Waals surface area contributed by atoms with E-state index in [9.17, 15) is 9.59 Å². The summed E-state index contributed by atoms with van der Waals surface area (Å²) in [6, 6.07) is 19.8. The Balaban J connectivity index is 1.60. The van der Waals surface area contributed by atoms with Gasteiger partial charge < -0.3 is 9.80 Å². The number of nitrogens with zero attached hydrogens (tertiary/aromatic N) is 2. The summed E-state index contributed by atoms with van der Waals surface area (Å²) in [6.45, 7) is 3.14. The summed E-state index contributed by atoms with van der Waals surface area (Å²) in [7, 11) is 0. The summed E-state index contributed by atoms with van der Waals surface area (Å²) in [5, 5.41) is 1.90. The first-order valence-electron chi connectivity index (χ1n) is 9.58. The van der Waals surface area contributed by atoms with Gasteiger partial charge in [0.25, 0.3) is 11.8 Å². The second-order valence-electron chi connectivity index (χ2n) is 7.26. The third-order valence-corrected chi connectivity index (χ3v) is 7.94. The van der Waals surface area contributed by atoms with Crippen LogP contribution in [0.3, 0.4) is 0 Å². The highest BCUT2D eigenvalue weighted by atomic mass is 32.2. The van der Waals surface area contributed by atoms with E-state index in [4.69, 9.17) is 0 Å². The number of benzene rings is 2. The summed E-state index contributed by atoms with van der Waals surface area (Å²) >= 11 is 3.00. The predicted molar refractivity (Wildman–Crippen MR) is 118 cm³/mol. The Labute approximate surface area is 178 Å². The van der Waals surface area contributed by atoms with Gasteiger partial charge in [-0.1, -0.05) is 48.5 Å². The normalized spacial score (nSPS) is 20.5. The van der Waals surface area contributed by atoms with E-state index in [-0.39, 0.29) is 11.8 Å². The molecule has 3 heterocycles. The molecule has 2 aliphatic rings. The van der Waals surface area contributed by atoms with Crippen LogP contribution in [0.5, 0.6) is 0 Å². The maximum Gasteiger partial charge on any atom is 0.268 e. The highest BCUT2D eigenvalue weighted by Gasteiger charge is 2.59. The van der Waals surface area contributed by atoms with E-state index in [0.29, 0.717) is 18.0 Å². The minimum absolute atomic E-state index is 0.0191. The van der Waals surface area contributed by atoms with Crippen LogP contribution in [-0.4, -0.2) is 29.0 Å². The number of thioether (sulfide) groups is 1. The number of para-hydroxylation sites is 1. The molecule has 0 unspecified atom stereocenters. The number of aryl methyl sites for hydroxylation is 1. The molecule has 1 fully saturated rings. The third-order valence-electron chi connectivity index (χ3n) is 5.67. The third kappa shape index (κ3) is 2.74. The zero-order valence-corrected chi connectivity index (χ0v) is 17.6. The van der Waals surface area contributed by atoms with Crippen molar-refractivity contribution in [2.24, 2.45) is 0 Å². The van der Waals surface area contributed by atoms with Crippen LogP contribution in [0.15, 0.2) is 66.0 Å². The molecule has 0 bridgehead atoms. The summed E-state index contributed by atoms with van der Waals surface area (Å²) in [6.07, 6.45) is 0. The van der Waals surface area contributed by atoms with Crippen molar-refractivity contribution < 1.29 is 9.59 Å². The van der Waals surface area contributed by atoms with Crippen molar-refractivity contribution in [1.82, 2.24) is 4.90 Å². The van der Waals surface area contributed by atoms with Gasteiger partial charge in [-0.15, -0.1) is 23.1 Å². The predicted octanol–water partition coefficient (Wildman–Crippen LogP) is 4.65. The van der Waals surface area contributed by atoms with Gasteiger partial charge >= 0.3 is 0 Å². The lowest BCUT2D eigenvalue weighted by molar-refractivity contribution is -0.123. The van der Waals surface area contributed by atoms with Crippen LogP contribution in [0.25, 0.3) is 0 Å². The van der Waals surface area contributed by atoms with Crippen molar-refractivity contribution in [1.29, 1.82) is 0 Å². The fourth-order valence-corrected chi connectivity index (χ4v) is 6.35. The zero-order chi connectivity index (χ0) is 20.0. The molecule has 0 saturated carbocycles. The molecule has 0 N–H and O–H groups in total. The SMILES string of the molecule is Cc1ccccc1CN1C(=O)[C@]2(SCCN2C(=O)c2cccs2)c2ccccc21. The van der Waals surface area contributed by atoms with E-state index < -0.39 is 4.87 Å². The average molecular weight is 421 g/mol. The van der Waals surface area contributed by atoms with E-state index in [1.165, 1.54) is 11.3 Å². The Morgan fingerprint density at radius 2 is 1.86 bits per heavy atom. The van der Waals surface area contributed by atoms with Gasteiger partial charge in [-0.05, 0) is 35.6 Å². The number of hydrogen-bond acceptors (Lipinski definition) is 4. The van der Waals surface area contributed by atoms with Gasteiger partial charge in [-0.2, -0.15) is 0 Å². The maximum atomic E-state index is 13.9. The molecule has 1 atom stereocenters. The molecule has 2 aliphatic heterocycles. The van der Waals surface area contributed by atoms with Crippen LogP contribution in [0.2, 0.25) is 0 Å². The van der Waals surface area contributed by atoms with Gasteiger partial charge in [0.05, 0.1) is 17.1 Å². The molecule has 5 rings (SSSR count). The number of rotatable bonds is 3. The molecule has 29 heavy (non-hydrogen) atoms. The molecule has 2 aromatic carbocycles. The smallest absolute Gasteiger partial charge is 0.268 e. The molecule has 3 aromatic rings. The van der Waals surface area contributed by atoms with Crippen LogP contribution in [0.4, 0.5) is 5.69 Å². The number of anilines is 1. The van der Waals surface area contributed by atoms with Crippen molar-refractivity contribution in [3.8, 4) is 0 Å². The van der Waals surface area contributed by atoms with Gasteiger partial charge in [-0.25, -0.2) is 0 Å². The minimum atomic E-state index is -0.972. The monoisotopic (exact) mass is 420 g/mol. The summed E-state index contributed by atoms with van der Waals surface area (Å²) in [4.78, 5) is 30.5. The number of thiophene rings is 1. The standard InChI is InChI=1S/C23H20N2O2S2/c1-16-7-2-3-8-17(16)15-24-19-10-5-4-9-18(19)23(22(24)27)25(12-14-29-23)21(26)20-11-6-13-28-20/h2-11,13H,12,14-15H2,1H3/t23-/m1/s1. The Morgan fingerprint density at radius 1 is 1.07 bits per heavy atom. The second kappa shape index (κ2) is 7.04. The van der Waals surface area contributed by atoms with Gasteiger partial charge in [0.2, 0.25) is 0 Å². The minimum Gasteiger partial charge on any atom is -0.310 e. The van der Waals surface area contributed by atoms with Crippen LogP contribution in [-0.2, 0) is 16.2 Å². The Morgan fingerprint density at radius 3 is 2.66 bits per heavy atom. The molecule has 2 amide bonds. The van der Waals surface area contributed by atoms with Crippen LogP contribution >= 0.6 is 23.1 Å². The largest absolute Gasteiger partial charge is 0.310 e. The van der Waals surface area contributed by atoms with Crippen LogP contribution in [0, 0.1) is 6.92 Å². The highest BCUT2D eigenvalue weighted by molar-refractivity contribution is 8.01. The van der Waals surface area contributed by atoms with E-state index in [0.717, 1.165) is 28.1 Å². The van der Waals surface area contributed by atoms with Crippen molar-refractivity contribution in [3.05, 3.63) is 87.6 Å². The molecule has 0 radical (unpaired) electrons. The van der Waals surface area contributed by atoms with Gasteiger partial charge in [-0.3, -0.25) is 9.59 Å². The van der Waals surface area contributed by atoms with Crippen molar-refractivity contribution in [3.63, 3.8) is 0 Å².